The van der Waals surface area contributed by atoms with Crippen molar-refractivity contribution in [2.24, 2.45) is 27.8 Å². The van der Waals surface area contributed by atoms with E-state index in [1.54, 1.807) is 6.07 Å². The van der Waals surface area contributed by atoms with Crippen LogP contribution in [0.1, 0.15) is 13.3 Å². The van der Waals surface area contributed by atoms with Gasteiger partial charge in [0.25, 0.3) is 5.91 Å². The number of allylic oxidation sites excluding steroid dienone is 2. The average Bonchev–Trinajstić information content (AvgIpc) is 3.22. The molecule has 2 bridgehead atoms. The number of halogens is 6. The first-order chi connectivity index (χ1) is 12.5. The monoisotopic (exact) mass is 388 g/mol. The van der Waals surface area contributed by atoms with Crippen LogP contribution in [0.5, 0.6) is 0 Å². The minimum atomic E-state index is -5.67. The fourth-order valence-corrected chi connectivity index (χ4v) is 5.18. The molecule has 0 aromatic heterocycles. The fraction of sp³-hybridized carbons (Fsp3) is 0.444. The van der Waals surface area contributed by atoms with Gasteiger partial charge in [-0.2, -0.15) is 36.5 Å². The van der Waals surface area contributed by atoms with Crippen molar-refractivity contribution >= 4 is 17.3 Å². The second kappa shape index (κ2) is 5.14. The van der Waals surface area contributed by atoms with Gasteiger partial charge in [-0.1, -0.05) is 30.4 Å². The summed E-state index contributed by atoms with van der Waals surface area (Å²) in [5, 5.41) is 4.56. The third-order valence-corrected chi connectivity index (χ3v) is 6.06. The minimum absolute atomic E-state index is 0.128. The maximum absolute atomic E-state index is 14.2. The number of carbonyl (C=O) groups excluding carboxylic acids is 1. The van der Waals surface area contributed by atoms with Gasteiger partial charge in [0.2, 0.25) is 0 Å². The second-order valence-corrected chi connectivity index (χ2v) is 7.08. The van der Waals surface area contributed by atoms with Crippen LogP contribution < -0.4 is 5.01 Å². The fourth-order valence-electron chi connectivity index (χ4n) is 5.18. The molecule has 3 aliphatic rings. The Labute approximate surface area is 150 Å². The molecule has 0 radical (unpaired) electrons. The highest BCUT2D eigenvalue weighted by molar-refractivity contribution is 6.20. The molecule has 1 aliphatic heterocycles. The van der Waals surface area contributed by atoms with Crippen molar-refractivity contribution < 1.29 is 31.1 Å². The molecule has 0 saturated heterocycles. The van der Waals surface area contributed by atoms with Gasteiger partial charge >= 0.3 is 12.4 Å². The number of alkyl halides is 6. The van der Waals surface area contributed by atoms with E-state index >= 15 is 0 Å². The van der Waals surface area contributed by atoms with Crippen LogP contribution in [-0.4, -0.2) is 24.0 Å². The molecule has 1 saturated carbocycles. The lowest BCUT2D eigenvalue weighted by Gasteiger charge is -2.49. The topological polar surface area (TPSA) is 32.7 Å². The van der Waals surface area contributed by atoms with Gasteiger partial charge in [0.1, 0.15) is 5.41 Å². The van der Waals surface area contributed by atoms with Crippen molar-refractivity contribution in [3.63, 3.8) is 0 Å². The average molecular weight is 388 g/mol. The van der Waals surface area contributed by atoms with E-state index in [-0.39, 0.29) is 12.1 Å². The number of carbonyl (C=O) groups is 1. The number of para-hydroxylation sites is 1. The molecule has 1 spiro atoms. The zero-order valence-electron chi connectivity index (χ0n) is 14.0. The molecule has 3 atom stereocenters. The molecular formula is C18H14F6N2O. The van der Waals surface area contributed by atoms with Gasteiger partial charge in [-0.25, -0.2) is 0 Å². The van der Waals surface area contributed by atoms with Crippen molar-refractivity contribution in [2.75, 3.05) is 5.01 Å². The summed E-state index contributed by atoms with van der Waals surface area (Å²) < 4.78 is 85.0. The first-order valence-electron chi connectivity index (χ1n) is 8.26. The summed E-state index contributed by atoms with van der Waals surface area (Å²) in [4.78, 5) is 13.2. The number of nitrogens with zero attached hydrogens (tertiary/aromatic N) is 2. The second-order valence-electron chi connectivity index (χ2n) is 7.08. The molecule has 1 amide bonds. The Bertz CT molecular complexity index is 843. The van der Waals surface area contributed by atoms with E-state index in [1.165, 1.54) is 30.3 Å². The maximum Gasteiger partial charge on any atom is 0.405 e. The highest BCUT2D eigenvalue weighted by Crippen LogP contribution is 2.76. The molecule has 1 aromatic rings. The van der Waals surface area contributed by atoms with Crippen molar-refractivity contribution in [1.29, 1.82) is 0 Å². The Kier molecular flexibility index (Phi) is 3.44. The van der Waals surface area contributed by atoms with Crippen LogP contribution in [0, 0.1) is 22.7 Å². The summed E-state index contributed by atoms with van der Waals surface area (Å²) in [5.74, 6) is -4.35. The zero-order chi connectivity index (χ0) is 19.8. The van der Waals surface area contributed by atoms with Crippen molar-refractivity contribution in [3.05, 3.63) is 42.5 Å². The van der Waals surface area contributed by atoms with E-state index < -0.39 is 46.6 Å². The Hall–Kier alpha value is -2.32. The number of fused-ring (bicyclic) bond motifs is 3. The maximum atomic E-state index is 14.2. The van der Waals surface area contributed by atoms with Crippen molar-refractivity contribution in [1.82, 2.24) is 0 Å². The third-order valence-electron chi connectivity index (χ3n) is 6.06. The summed E-state index contributed by atoms with van der Waals surface area (Å²) in [6.45, 7) is 1.08. The van der Waals surface area contributed by atoms with E-state index in [1.807, 2.05) is 0 Å². The molecule has 144 valence electrons. The van der Waals surface area contributed by atoms with Gasteiger partial charge in [-0.3, -0.25) is 4.79 Å². The first-order valence-corrected chi connectivity index (χ1v) is 8.26. The van der Waals surface area contributed by atoms with Gasteiger partial charge in [-0.05, 0) is 31.4 Å². The number of hydrogen-bond acceptors (Lipinski definition) is 2. The lowest BCUT2D eigenvalue weighted by molar-refractivity contribution is -0.368. The molecule has 3 nitrogen and oxygen atoms in total. The summed E-state index contributed by atoms with van der Waals surface area (Å²) in [7, 11) is 0. The number of anilines is 1. The predicted molar refractivity (Wildman–Crippen MR) is 84.8 cm³/mol. The van der Waals surface area contributed by atoms with Gasteiger partial charge in [0.15, 0.2) is 5.41 Å². The Morgan fingerprint density at radius 2 is 1.56 bits per heavy atom. The van der Waals surface area contributed by atoms with Crippen LogP contribution in [0.4, 0.5) is 32.0 Å². The molecule has 1 aromatic carbocycles. The standard InChI is InChI=1S/C18H14F6N2O/c1-10-15(14(27)26(25-10)13-5-3-2-4-6-13)11-7-8-12(9-11)16(15,17(19,20)21)18(22,23)24/h2-8,11-12H,9H2,1H3/t11-,12+,15-/m0/s1. The van der Waals surface area contributed by atoms with Crippen LogP contribution in [-0.2, 0) is 4.79 Å². The number of benzene rings is 1. The number of rotatable bonds is 1. The quantitative estimate of drug-likeness (QED) is 0.507. The van der Waals surface area contributed by atoms with Crippen LogP contribution in [0.15, 0.2) is 47.6 Å². The molecule has 27 heavy (non-hydrogen) atoms. The van der Waals surface area contributed by atoms with Crippen molar-refractivity contribution in [2.45, 2.75) is 25.7 Å². The van der Waals surface area contributed by atoms with Crippen molar-refractivity contribution in [3.8, 4) is 0 Å². The number of amides is 1. The summed E-state index contributed by atoms with van der Waals surface area (Å²) in [6.07, 6.45) is -9.49. The summed E-state index contributed by atoms with van der Waals surface area (Å²) in [6, 6.07) is 7.51. The molecule has 0 unspecified atom stereocenters. The molecular weight excluding hydrogens is 374 g/mol. The lowest BCUT2D eigenvalue weighted by atomic mass is 9.54. The molecule has 4 rings (SSSR count). The van der Waals surface area contributed by atoms with Gasteiger partial charge < -0.3 is 0 Å². The van der Waals surface area contributed by atoms with Crippen LogP contribution in [0.25, 0.3) is 0 Å². The lowest BCUT2D eigenvalue weighted by Crippen LogP contribution is -2.67. The van der Waals surface area contributed by atoms with Gasteiger partial charge in [0, 0.05) is 5.92 Å². The smallest absolute Gasteiger partial charge is 0.271 e. The largest absolute Gasteiger partial charge is 0.405 e. The van der Waals surface area contributed by atoms with E-state index in [0.29, 0.717) is 5.01 Å². The Morgan fingerprint density at radius 1 is 1.00 bits per heavy atom. The molecule has 1 heterocycles. The van der Waals surface area contributed by atoms with Gasteiger partial charge in [-0.15, -0.1) is 0 Å². The van der Waals surface area contributed by atoms with Crippen LogP contribution in [0.3, 0.4) is 0 Å². The van der Waals surface area contributed by atoms with Crippen LogP contribution >= 0.6 is 0 Å². The minimum Gasteiger partial charge on any atom is -0.271 e. The predicted octanol–water partition coefficient (Wildman–Crippen LogP) is 4.71. The first kappa shape index (κ1) is 18.1. The third kappa shape index (κ3) is 1.84. The van der Waals surface area contributed by atoms with E-state index in [9.17, 15) is 31.1 Å². The Morgan fingerprint density at radius 3 is 2.11 bits per heavy atom. The molecule has 1 fully saturated rings. The summed E-state index contributed by atoms with van der Waals surface area (Å²) >= 11 is 0. The number of hydrazone groups is 1. The highest BCUT2D eigenvalue weighted by atomic mass is 19.4. The molecule has 9 heteroatoms. The Balaban J connectivity index is 2.00. The molecule has 2 aliphatic carbocycles. The van der Waals surface area contributed by atoms with E-state index in [0.717, 1.165) is 13.0 Å². The van der Waals surface area contributed by atoms with E-state index in [4.69, 9.17) is 0 Å². The zero-order valence-corrected chi connectivity index (χ0v) is 14.0. The number of hydrogen-bond donors (Lipinski definition) is 0. The van der Waals surface area contributed by atoms with Crippen LogP contribution in [0.2, 0.25) is 0 Å². The van der Waals surface area contributed by atoms with Gasteiger partial charge in [0.05, 0.1) is 11.4 Å². The van der Waals surface area contributed by atoms with E-state index in [2.05, 4.69) is 5.10 Å². The summed E-state index contributed by atoms with van der Waals surface area (Å²) in [5.41, 5.74) is -7.34. The normalized spacial score (nSPS) is 31.9. The SMILES string of the molecule is CC1=NN(c2ccccc2)C(=O)[C@@]12[C@H]1C=C[C@H](C1)C2(C(F)(F)F)C(F)(F)F. The molecule has 0 N–H and O–H groups in total. The highest BCUT2D eigenvalue weighted by Gasteiger charge is 2.90.